The highest BCUT2D eigenvalue weighted by Crippen LogP contribution is 2.34. The Labute approximate surface area is 93.4 Å². The number of nitrogens with one attached hydrogen (secondary N) is 1. The second-order valence-corrected chi connectivity index (χ2v) is 3.33. The molecule has 0 saturated carbocycles. The minimum atomic E-state index is -4.95. The highest BCUT2D eigenvalue weighted by Gasteiger charge is 2.36. The molecule has 0 aliphatic rings. The van der Waals surface area contributed by atoms with Crippen molar-refractivity contribution >= 4 is 6.41 Å². The molecule has 1 aromatic rings. The maximum absolute atomic E-state index is 13.3. The van der Waals surface area contributed by atoms with E-state index in [0.717, 1.165) is 6.07 Å². The number of carbonyl (C=O) groups excluding carboxylic acids is 1. The molecule has 94 valence electrons. The predicted molar refractivity (Wildman–Crippen MR) is 49.0 cm³/mol. The van der Waals surface area contributed by atoms with Gasteiger partial charge in [-0.2, -0.15) is 13.2 Å². The maximum atomic E-state index is 13.3. The van der Waals surface area contributed by atoms with Crippen LogP contribution in [0, 0.1) is 11.6 Å². The van der Waals surface area contributed by atoms with Crippen LogP contribution in [0.1, 0.15) is 24.1 Å². The zero-order valence-electron chi connectivity index (χ0n) is 8.61. The van der Waals surface area contributed by atoms with E-state index in [0.29, 0.717) is 6.07 Å². The van der Waals surface area contributed by atoms with Crippen molar-refractivity contribution in [3.05, 3.63) is 34.9 Å². The van der Waals surface area contributed by atoms with Gasteiger partial charge in [-0.25, -0.2) is 8.78 Å². The van der Waals surface area contributed by atoms with E-state index in [2.05, 4.69) is 5.32 Å². The lowest BCUT2D eigenvalue weighted by Gasteiger charge is -2.15. The third-order valence-corrected chi connectivity index (χ3v) is 2.20. The average Bonchev–Trinajstić information content (AvgIpc) is 2.20. The molecule has 2 nitrogen and oxygen atoms in total. The van der Waals surface area contributed by atoms with Gasteiger partial charge in [-0.1, -0.05) is 6.07 Å². The zero-order chi connectivity index (χ0) is 13.2. The first kappa shape index (κ1) is 13.4. The van der Waals surface area contributed by atoms with Gasteiger partial charge >= 0.3 is 6.18 Å². The van der Waals surface area contributed by atoms with E-state index in [1.807, 2.05) is 0 Å². The summed E-state index contributed by atoms with van der Waals surface area (Å²) in [6, 6.07) is 0.323. The number of amides is 1. The molecule has 0 bridgehead atoms. The number of halogens is 5. The molecule has 1 aromatic carbocycles. The Bertz CT molecular complexity index is 429. The molecule has 7 heteroatoms. The van der Waals surface area contributed by atoms with Crippen LogP contribution >= 0.6 is 0 Å². The van der Waals surface area contributed by atoms with Crippen LogP contribution in [-0.2, 0) is 11.0 Å². The fourth-order valence-electron chi connectivity index (χ4n) is 1.31. The molecular weight excluding hydrogens is 245 g/mol. The van der Waals surface area contributed by atoms with E-state index in [1.54, 1.807) is 0 Å². The van der Waals surface area contributed by atoms with Crippen molar-refractivity contribution in [1.29, 1.82) is 0 Å². The maximum Gasteiger partial charge on any atom is 0.419 e. The van der Waals surface area contributed by atoms with Gasteiger partial charge in [0.25, 0.3) is 0 Å². The van der Waals surface area contributed by atoms with Crippen molar-refractivity contribution in [2.45, 2.75) is 19.1 Å². The Kier molecular flexibility index (Phi) is 3.69. The molecule has 0 aliphatic carbocycles. The number of hydrogen-bond donors (Lipinski definition) is 1. The third kappa shape index (κ3) is 2.72. The number of alkyl halides is 3. The van der Waals surface area contributed by atoms with E-state index in [-0.39, 0.29) is 12.0 Å². The van der Waals surface area contributed by atoms with E-state index in [4.69, 9.17) is 0 Å². The lowest BCUT2D eigenvalue weighted by molar-refractivity contribution is -0.140. The van der Waals surface area contributed by atoms with E-state index in [1.165, 1.54) is 6.92 Å². The van der Waals surface area contributed by atoms with E-state index < -0.39 is 29.4 Å². The normalized spacial score (nSPS) is 13.3. The SMILES string of the molecule is CC(NC=O)c1ccc(C(F)(F)F)c(F)c1F. The number of hydrogen-bond acceptors (Lipinski definition) is 1. The van der Waals surface area contributed by atoms with Crippen LogP contribution < -0.4 is 5.32 Å². The smallest absolute Gasteiger partial charge is 0.352 e. The first-order valence-corrected chi connectivity index (χ1v) is 4.53. The average molecular weight is 253 g/mol. The van der Waals surface area contributed by atoms with Crippen LogP contribution in [0.25, 0.3) is 0 Å². The summed E-state index contributed by atoms with van der Waals surface area (Å²) in [7, 11) is 0. The van der Waals surface area contributed by atoms with Crippen LogP contribution in [-0.4, -0.2) is 6.41 Å². The van der Waals surface area contributed by atoms with Gasteiger partial charge in [0.1, 0.15) is 0 Å². The molecule has 0 heterocycles. The van der Waals surface area contributed by atoms with Gasteiger partial charge < -0.3 is 5.32 Å². The summed E-state index contributed by atoms with van der Waals surface area (Å²) >= 11 is 0. The van der Waals surface area contributed by atoms with Crippen LogP contribution in [0.3, 0.4) is 0 Å². The summed E-state index contributed by atoms with van der Waals surface area (Å²) < 4.78 is 63.2. The van der Waals surface area contributed by atoms with Gasteiger partial charge in [0.05, 0.1) is 11.6 Å². The van der Waals surface area contributed by atoms with Crippen molar-refractivity contribution in [3.63, 3.8) is 0 Å². The summed E-state index contributed by atoms with van der Waals surface area (Å²) in [5.41, 5.74) is -2.01. The quantitative estimate of drug-likeness (QED) is 0.651. The summed E-state index contributed by atoms with van der Waals surface area (Å²) in [4.78, 5) is 10.1. The van der Waals surface area contributed by atoms with Crippen molar-refractivity contribution in [2.75, 3.05) is 0 Å². The number of carbonyl (C=O) groups is 1. The van der Waals surface area contributed by atoms with Crippen LogP contribution in [0.4, 0.5) is 22.0 Å². The van der Waals surface area contributed by atoms with Gasteiger partial charge in [-0.15, -0.1) is 0 Å². The topological polar surface area (TPSA) is 29.1 Å². The number of rotatable bonds is 3. The van der Waals surface area contributed by atoms with Gasteiger partial charge in [0.2, 0.25) is 6.41 Å². The molecule has 1 amide bonds. The van der Waals surface area contributed by atoms with Crippen molar-refractivity contribution in [1.82, 2.24) is 5.32 Å². The number of benzene rings is 1. The lowest BCUT2D eigenvalue weighted by Crippen LogP contribution is -2.19. The fourth-order valence-corrected chi connectivity index (χ4v) is 1.31. The summed E-state index contributed by atoms with van der Waals surface area (Å²) in [5, 5.41) is 2.12. The molecule has 17 heavy (non-hydrogen) atoms. The molecule has 0 aromatic heterocycles. The molecule has 1 unspecified atom stereocenters. The van der Waals surface area contributed by atoms with Gasteiger partial charge in [-0.3, -0.25) is 4.79 Å². The summed E-state index contributed by atoms with van der Waals surface area (Å²) in [6.45, 7) is 1.32. The van der Waals surface area contributed by atoms with Crippen molar-refractivity contribution < 1.29 is 26.7 Å². The Morgan fingerprint density at radius 1 is 1.24 bits per heavy atom. The first-order chi connectivity index (χ1) is 7.79. The highest BCUT2D eigenvalue weighted by molar-refractivity contribution is 5.48. The van der Waals surface area contributed by atoms with Gasteiger partial charge in [0, 0.05) is 5.56 Å². The second-order valence-electron chi connectivity index (χ2n) is 3.33. The summed E-state index contributed by atoms with van der Waals surface area (Å²) in [5.74, 6) is -3.57. The Morgan fingerprint density at radius 2 is 1.82 bits per heavy atom. The van der Waals surface area contributed by atoms with Gasteiger partial charge in [-0.05, 0) is 13.0 Å². The predicted octanol–water partition coefficient (Wildman–Crippen LogP) is 2.79. The van der Waals surface area contributed by atoms with Crippen LogP contribution in [0.15, 0.2) is 12.1 Å². The minimum Gasteiger partial charge on any atom is -0.352 e. The molecule has 1 atom stereocenters. The Morgan fingerprint density at radius 3 is 2.29 bits per heavy atom. The van der Waals surface area contributed by atoms with E-state index >= 15 is 0 Å². The molecule has 0 spiro atoms. The lowest BCUT2D eigenvalue weighted by atomic mass is 10.0. The van der Waals surface area contributed by atoms with Crippen LogP contribution in [0.2, 0.25) is 0 Å². The third-order valence-electron chi connectivity index (χ3n) is 2.20. The Hall–Kier alpha value is -1.66. The fraction of sp³-hybridized carbons (Fsp3) is 0.300. The van der Waals surface area contributed by atoms with E-state index in [9.17, 15) is 26.7 Å². The molecule has 0 fully saturated rings. The summed E-state index contributed by atoms with van der Waals surface area (Å²) in [6.07, 6.45) is -4.70. The standard InChI is InChI=1S/C10H8F5NO/c1-5(16-4-17)6-2-3-7(10(13,14)15)9(12)8(6)11/h2-5H,1H3,(H,16,17). The minimum absolute atomic E-state index is 0.250. The second kappa shape index (κ2) is 4.68. The molecule has 1 rings (SSSR count). The monoisotopic (exact) mass is 253 g/mol. The van der Waals surface area contributed by atoms with Crippen molar-refractivity contribution in [2.24, 2.45) is 0 Å². The molecule has 0 aliphatic heterocycles. The molecule has 0 radical (unpaired) electrons. The largest absolute Gasteiger partial charge is 0.419 e. The Balaban J connectivity index is 3.24. The van der Waals surface area contributed by atoms with Crippen LogP contribution in [0.5, 0.6) is 0 Å². The molecular formula is C10H8F5NO. The zero-order valence-corrected chi connectivity index (χ0v) is 8.61. The highest BCUT2D eigenvalue weighted by atomic mass is 19.4. The first-order valence-electron chi connectivity index (χ1n) is 4.53. The van der Waals surface area contributed by atoms with Crippen molar-refractivity contribution in [3.8, 4) is 0 Å². The van der Waals surface area contributed by atoms with Gasteiger partial charge in [0.15, 0.2) is 11.6 Å². The molecule has 1 N–H and O–H groups in total. The molecule has 0 saturated heterocycles.